The number of amidine groups is 1. The van der Waals surface area contributed by atoms with E-state index in [1.807, 2.05) is 13.0 Å². The molecule has 3 nitrogen and oxygen atoms in total. The summed E-state index contributed by atoms with van der Waals surface area (Å²) in [7, 11) is 0. The van der Waals surface area contributed by atoms with Gasteiger partial charge in [-0.3, -0.25) is 5.41 Å². The molecule has 2 unspecified atom stereocenters. The molecular formula is C14H21N3. The van der Waals surface area contributed by atoms with Crippen molar-refractivity contribution in [3.63, 3.8) is 0 Å². The highest BCUT2D eigenvalue weighted by Crippen LogP contribution is 2.29. The van der Waals surface area contributed by atoms with Gasteiger partial charge in [-0.25, -0.2) is 0 Å². The lowest BCUT2D eigenvalue weighted by atomic mass is 10.1. The van der Waals surface area contributed by atoms with Crippen molar-refractivity contribution in [2.45, 2.75) is 33.2 Å². The summed E-state index contributed by atoms with van der Waals surface area (Å²) in [6, 6.07) is 6.79. The van der Waals surface area contributed by atoms with Gasteiger partial charge in [-0.2, -0.15) is 0 Å². The molecule has 1 heterocycles. The zero-order chi connectivity index (χ0) is 12.6. The fourth-order valence-electron chi connectivity index (χ4n) is 2.79. The van der Waals surface area contributed by atoms with E-state index in [1.54, 1.807) is 0 Å². The highest BCUT2D eigenvalue weighted by molar-refractivity contribution is 5.96. The van der Waals surface area contributed by atoms with E-state index in [0.717, 1.165) is 23.6 Å². The Balaban J connectivity index is 2.29. The lowest BCUT2D eigenvalue weighted by molar-refractivity contribution is 0.625. The second kappa shape index (κ2) is 4.40. The fourth-order valence-corrected chi connectivity index (χ4v) is 2.79. The first kappa shape index (κ1) is 12.0. The number of nitrogens with one attached hydrogen (secondary N) is 1. The van der Waals surface area contributed by atoms with Crippen LogP contribution in [-0.2, 0) is 0 Å². The van der Waals surface area contributed by atoms with Gasteiger partial charge in [0.1, 0.15) is 5.84 Å². The molecule has 0 radical (unpaired) electrons. The molecule has 1 aliphatic heterocycles. The molecule has 1 aliphatic rings. The predicted octanol–water partition coefficient (Wildman–Crippen LogP) is 2.51. The second-order valence-corrected chi connectivity index (χ2v) is 5.26. The van der Waals surface area contributed by atoms with Crippen LogP contribution < -0.4 is 10.6 Å². The van der Waals surface area contributed by atoms with E-state index in [2.05, 4.69) is 30.9 Å². The van der Waals surface area contributed by atoms with Crippen molar-refractivity contribution in [2.24, 2.45) is 11.7 Å². The molecule has 3 N–H and O–H groups in total. The van der Waals surface area contributed by atoms with E-state index in [1.165, 1.54) is 12.1 Å². The van der Waals surface area contributed by atoms with Crippen LogP contribution in [0, 0.1) is 18.3 Å². The van der Waals surface area contributed by atoms with Crippen LogP contribution in [0.1, 0.15) is 31.4 Å². The molecule has 1 aromatic rings. The van der Waals surface area contributed by atoms with Crippen LogP contribution in [-0.4, -0.2) is 18.4 Å². The monoisotopic (exact) mass is 231 g/mol. The Morgan fingerprint density at radius 2 is 2.12 bits per heavy atom. The van der Waals surface area contributed by atoms with Crippen LogP contribution >= 0.6 is 0 Å². The third-order valence-corrected chi connectivity index (χ3v) is 3.62. The van der Waals surface area contributed by atoms with E-state index < -0.39 is 0 Å². The van der Waals surface area contributed by atoms with E-state index >= 15 is 0 Å². The van der Waals surface area contributed by atoms with Crippen molar-refractivity contribution in [1.82, 2.24) is 0 Å². The number of hydrogen-bond acceptors (Lipinski definition) is 2. The first-order valence-electron chi connectivity index (χ1n) is 6.20. The Morgan fingerprint density at radius 1 is 1.41 bits per heavy atom. The van der Waals surface area contributed by atoms with Crippen molar-refractivity contribution >= 4 is 11.5 Å². The van der Waals surface area contributed by atoms with Crippen LogP contribution in [0.25, 0.3) is 0 Å². The highest BCUT2D eigenvalue weighted by Gasteiger charge is 2.26. The van der Waals surface area contributed by atoms with E-state index in [-0.39, 0.29) is 5.84 Å². The number of nitrogens with zero attached hydrogens (tertiary/aromatic N) is 1. The molecule has 0 amide bonds. The van der Waals surface area contributed by atoms with Gasteiger partial charge < -0.3 is 10.6 Å². The SMILES string of the molecule is Cc1cc(N2CC(C)CC2C)ccc1C(=N)N. The van der Waals surface area contributed by atoms with Crippen molar-refractivity contribution < 1.29 is 0 Å². The molecule has 92 valence electrons. The fraction of sp³-hybridized carbons (Fsp3) is 0.500. The van der Waals surface area contributed by atoms with Gasteiger partial charge in [0.2, 0.25) is 0 Å². The Morgan fingerprint density at radius 3 is 2.59 bits per heavy atom. The smallest absolute Gasteiger partial charge is 0.123 e. The van der Waals surface area contributed by atoms with Gasteiger partial charge in [-0.1, -0.05) is 6.92 Å². The molecule has 17 heavy (non-hydrogen) atoms. The van der Waals surface area contributed by atoms with Gasteiger partial charge in [0.25, 0.3) is 0 Å². The molecule has 0 spiro atoms. The largest absolute Gasteiger partial charge is 0.384 e. The molecule has 1 saturated heterocycles. The predicted molar refractivity (Wildman–Crippen MR) is 72.8 cm³/mol. The number of rotatable bonds is 2. The summed E-state index contributed by atoms with van der Waals surface area (Å²) in [6.45, 7) is 7.72. The number of hydrogen-bond donors (Lipinski definition) is 2. The minimum atomic E-state index is 0.150. The standard InChI is InChI=1S/C14H21N3/c1-9-6-11(3)17(8-9)12-4-5-13(14(15)16)10(2)7-12/h4-5,7,9,11H,6,8H2,1-3H3,(H3,15,16). The first-order valence-corrected chi connectivity index (χ1v) is 6.20. The van der Waals surface area contributed by atoms with Crippen LogP contribution in [0.15, 0.2) is 18.2 Å². The van der Waals surface area contributed by atoms with Crippen LogP contribution in [0.4, 0.5) is 5.69 Å². The first-order chi connectivity index (χ1) is 7.99. The van der Waals surface area contributed by atoms with Crippen LogP contribution in [0.5, 0.6) is 0 Å². The molecule has 2 atom stereocenters. The normalized spacial score (nSPS) is 24.1. The van der Waals surface area contributed by atoms with Gasteiger partial charge in [-0.05, 0) is 49.9 Å². The quantitative estimate of drug-likeness (QED) is 0.607. The molecular weight excluding hydrogens is 210 g/mol. The zero-order valence-electron chi connectivity index (χ0n) is 10.8. The number of anilines is 1. The molecule has 3 heteroatoms. The Bertz CT molecular complexity index is 439. The maximum Gasteiger partial charge on any atom is 0.123 e. The molecule has 1 fully saturated rings. The van der Waals surface area contributed by atoms with Gasteiger partial charge in [0.15, 0.2) is 0 Å². The summed E-state index contributed by atoms with van der Waals surface area (Å²) in [6.07, 6.45) is 1.26. The second-order valence-electron chi connectivity index (χ2n) is 5.26. The molecule has 0 saturated carbocycles. The third-order valence-electron chi connectivity index (χ3n) is 3.62. The summed E-state index contributed by atoms with van der Waals surface area (Å²) in [5.74, 6) is 0.912. The molecule has 0 aliphatic carbocycles. The summed E-state index contributed by atoms with van der Waals surface area (Å²) < 4.78 is 0. The number of benzene rings is 1. The molecule has 0 aromatic heterocycles. The lowest BCUT2D eigenvalue weighted by Crippen LogP contribution is -2.26. The van der Waals surface area contributed by atoms with Gasteiger partial charge in [-0.15, -0.1) is 0 Å². The minimum absolute atomic E-state index is 0.150. The average Bonchev–Trinajstić information content (AvgIpc) is 2.57. The third kappa shape index (κ3) is 2.28. The lowest BCUT2D eigenvalue weighted by Gasteiger charge is -2.24. The topological polar surface area (TPSA) is 53.1 Å². The minimum Gasteiger partial charge on any atom is -0.384 e. The zero-order valence-corrected chi connectivity index (χ0v) is 10.8. The Labute approximate surface area is 103 Å². The summed E-state index contributed by atoms with van der Waals surface area (Å²) >= 11 is 0. The van der Waals surface area contributed by atoms with E-state index in [0.29, 0.717) is 6.04 Å². The average molecular weight is 231 g/mol. The molecule has 0 bridgehead atoms. The number of nitrogens with two attached hydrogens (primary N) is 1. The van der Waals surface area contributed by atoms with Crippen molar-refractivity contribution in [1.29, 1.82) is 5.41 Å². The number of aryl methyl sites for hydroxylation is 1. The van der Waals surface area contributed by atoms with Crippen molar-refractivity contribution in [3.8, 4) is 0 Å². The molecule has 2 rings (SSSR count). The van der Waals surface area contributed by atoms with E-state index in [9.17, 15) is 0 Å². The Kier molecular flexibility index (Phi) is 3.09. The van der Waals surface area contributed by atoms with Gasteiger partial charge >= 0.3 is 0 Å². The van der Waals surface area contributed by atoms with Crippen LogP contribution in [0.3, 0.4) is 0 Å². The van der Waals surface area contributed by atoms with Crippen molar-refractivity contribution in [2.75, 3.05) is 11.4 Å². The summed E-state index contributed by atoms with van der Waals surface area (Å²) in [5.41, 5.74) is 8.72. The van der Waals surface area contributed by atoms with Gasteiger partial charge in [0, 0.05) is 23.8 Å². The van der Waals surface area contributed by atoms with E-state index in [4.69, 9.17) is 11.1 Å². The summed E-state index contributed by atoms with van der Waals surface area (Å²) in [4.78, 5) is 2.45. The van der Waals surface area contributed by atoms with Crippen LogP contribution in [0.2, 0.25) is 0 Å². The summed E-state index contributed by atoms with van der Waals surface area (Å²) in [5, 5.41) is 7.49. The highest BCUT2D eigenvalue weighted by atomic mass is 15.2. The number of nitrogen functional groups attached to an aromatic ring is 1. The Hall–Kier alpha value is -1.51. The van der Waals surface area contributed by atoms with Crippen molar-refractivity contribution in [3.05, 3.63) is 29.3 Å². The maximum atomic E-state index is 7.49. The molecule has 1 aromatic carbocycles. The maximum absolute atomic E-state index is 7.49. The van der Waals surface area contributed by atoms with Gasteiger partial charge in [0.05, 0.1) is 0 Å².